The molecule has 8 heteroatoms. The molecule has 140 valence electrons. The Labute approximate surface area is 157 Å². The molecule has 27 heavy (non-hydrogen) atoms. The lowest BCUT2D eigenvalue weighted by atomic mass is 10.1. The van der Waals surface area contributed by atoms with Gasteiger partial charge in [-0.25, -0.2) is 4.68 Å². The Hall–Kier alpha value is -2.80. The van der Waals surface area contributed by atoms with Crippen molar-refractivity contribution in [1.82, 2.24) is 9.78 Å². The number of benzene rings is 2. The number of aromatic nitrogens is 2. The lowest BCUT2D eigenvalue weighted by Crippen LogP contribution is -2.22. The van der Waals surface area contributed by atoms with Crippen molar-refractivity contribution in [3.8, 4) is 17.0 Å². The molecule has 0 aliphatic rings. The van der Waals surface area contributed by atoms with Crippen LogP contribution in [0, 0.1) is 0 Å². The zero-order valence-electron chi connectivity index (χ0n) is 13.9. The second kappa shape index (κ2) is 7.84. The molecule has 3 aromatic rings. The van der Waals surface area contributed by atoms with E-state index in [0.717, 1.165) is 5.56 Å². The van der Waals surface area contributed by atoms with Crippen molar-refractivity contribution >= 4 is 11.6 Å². The molecule has 0 spiro atoms. The minimum Gasteiger partial charge on any atom is -0.484 e. The summed E-state index contributed by atoms with van der Waals surface area (Å²) in [5.41, 5.74) is 1.77. The van der Waals surface area contributed by atoms with Crippen molar-refractivity contribution < 1.29 is 17.9 Å². The number of hydrogen-bond acceptors (Lipinski definition) is 3. The van der Waals surface area contributed by atoms with Crippen LogP contribution in [0.1, 0.15) is 5.56 Å². The standard InChI is InChI=1S/C19H14ClF3N2O2/c20-15-5-1-13(2-6-15)11-25-18(26)10-9-17(24-25)14-3-7-16(8-4-14)27-12-19(21,22)23/h1-10H,11-12H2. The van der Waals surface area contributed by atoms with Crippen molar-refractivity contribution in [3.05, 3.63) is 81.6 Å². The predicted molar refractivity (Wildman–Crippen MR) is 96.0 cm³/mol. The van der Waals surface area contributed by atoms with E-state index in [9.17, 15) is 18.0 Å². The van der Waals surface area contributed by atoms with Crippen molar-refractivity contribution in [1.29, 1.82) is 0 Å². The Kier molecular flexibility index (Phi) is 5.51. The highest BCUT2D eigenvalue weighted by molar-refractivity contribution is 6.30. The van der Waals surface area contributed by atoms with Crippen LogP contribution in [0.3, 0.4) is 0 Å². The SMILES string of the molecule is O=c1ccc(-c2ccc(OCC(F)(F)F)cc2)nn1Cc1ccc(Cl)cc1. The van der Waals surface area contributed by atoms with Crippen molar-refractivity contribution in [3.63, 3.8) is 0 Å². The molecule has 0 saturated heterocycles. The van der Waals surface area contributed by atoms with E-state index >= 15 is 0 Å². The van der Waals surface area contributed by atoms with Crippen LogP contribution in [0.2, 0.25) is 5.02 Å². The van der Waals surface area contributed by atoms with Gasteiger partial charge in [0.25, 0.3) is 5.56 Å². The van der Waals surface area contributed by atoms with Crippen LogP contribution in [-0.2, 0) is 6.54 Å². The molecule has 2 aromatic carbocycles. The summed E-state index contributed by atoms with van der Waals surface area (Å²) in [6, 6.07) is 16.0. The largest absolute Gasteiger partial charge is 0.484 e. The third kappa shape index (κ3) is 5.34. The minimum atomic E-state index is -4.39. The van der Waals surface area contributed by atoms with Crippen LogP contribution in [0.4, 0.5) is 13.2 Å². The molecule has 0 aliphatic carbocycles. The fourth-order valence-corrected chi connectivity index (χ4v) is 2.49. The van der Waals surface area contributed by atoms with E-state index in [0.29, 0.717) is 16.3 Å². The minimum absolute atomic E-state index is 0.102. The molecule has 0 saturated carbocycles. The quantitative estimate of drug-likeness (QED) is 0.637. The number of rotatable bonds is 5. The fraction of sp³-hybridized carbons (Fsp3) is 0.158. The average molecular weight is 395 g/mol. The molecule has 0 amide bonds. The first kappa shape index (κ1) is 19.0. The number of hydrogen-bond donors (Lipinski definition) is 0. The average Bonchev–Trinajstić information content (AvgIpc) is 2.63. The van der Waals surface area contributed by atoms with Gasteiger partial charge in [0, 0.05) is 16.7 Å². The van der Waals surface area contributed by atoms with E-state index < -0.39 is 12.8 Å². The molecule has 0 bridgehead atoms. The zero-order chi connectivity index (χ0) is 19.4. The molecular weight excluding hydrogens is 381 g/mol. The molecule has 3 rings (SSSR count). The van der Waals surface area contributed by atoms with Crippen LogP contribution in [0.25, 0.3) is 11.3 Å². The van der Waals surface area contributed by atoms with Crippen LogP contribution in [0.15, 0.2) is 65.5 Å². The van der Waals surface area contributed by atoms with Gasteiger partial charge in [0.15, 0.2) is 6.61 Å². The lowest BCUT2D eigenvalue weighted by molar-refractivity contribution is -0.153. The third-order valence-electron chi connectivity index (χ3n) is 3.66. The summed E-state index contributed by atoms with van der Waals surface area (Å²) in [5.74, 6) is 0.102. The normalized spacial score (nSPS) is 11.4. The van der Waals surface area contributed by atoms with E-state index in [-0.39, 0.29) is 17.9 Å². The van der Waals surface area contributed by atoms with E-state index in [1.54, 1.807) is 42.5 Å². The van der Waals surface area contributed by atoms with Crippen molar-refractivity contribution in [2.75, 3.05) is 6.61 Å². The Morgan fingerprint density at radius 2 is 1.63 bits per heavy atom. The highest BCUT2D eigenvalue weighted by atomic mass is 35.5. The van der Waals surface area contributed by atoms with Crippen molar-refractivity contribution in [2.24, 2.45) is 0 Å². The van der Waals surface area contributed by atoms with Gasteiger partial charge >= 0.3 is 6.18 Å². The lowest BCUT2D eigenvalue weighted by Gasteiger charge is -2.10. The Morgan fingerprint density at radius 1 is 0.963 bits per heavy atom. The molecule has 0 unspecified atom stereocenters. The Balaban J connectivity index is 1.79. The first-order valence-corrected chi connectivity index (χ1v) is 8.30. The van der Waals surface area contributed by atoms with Gasteiger partial charge in [0.1, 0.15) is 5.75 Å². The summed E-state index contributed by atoms with van der Waals surface area (Å²) in [7, 11) is 0. The highest BCUT2D eigenvalue weighted by Crippen LogP contribution is 2.22. The van der Waals surface area contributed by atoms with Gasteiger partial charge in [-0.1, -0.05) is 23.7 Å². The maximum absolute atomic E-state index is 12.2. The number of ether oxygens (including phenoxy) is 1. The fourth-order valence-electron chi connectivity index (χ4n) is 2.37. The van der Waals surface area contributed by atoms with Gasteiger partial charge in [-0.05, 0) is 48.0 Å². The molecule has 0 fully saturated rings. The molecule has 0 atom stereocenters. The van der Waals surface area contributed by atoms with Crippen LogP contribution < -0.4 is 10.3 Å². The summed E-state index contributed by atoms with van der Waals surface area (Å²) < 4.78 is 42.6. The topological polar surface area (TPSA) is 44.1 Å². The van der Waals surface area contributed by atoms with Gasteiger partial charge in [0.2, 0.25) is 0 Å². The van der Waals surface area contributed by atoms with E-state index in [2.05, 4.69) is 9.84 Å². The number of alkyl halides is 3. The summed E-state index contributed by atoms with van der Waals surface area (Å²) >= 11 is 5.85. The summed E-state index contributed by atoms with van der Waals surface area (Å²) in [6.45, 7) is -1.08. The molecule has 1 aromatic heterocycles. The molecule has 4 nitrogen and oxygen atoms in total. The summed E-state index contributed by atoms with van der Waals surface area (Å²) in [4.78, 5) is 12.1. The predicted octanol–water partition coefficient (Wildman–Crippen LogP) is 4.55. The second-order valence-electron chi connectivity index (χ2n) is 5.77. The van der Waals surface area contributed by atoms with Crippen LogP contribution >= 0.6 is 11.6 Å². The summed E-state index contributed by atoms with van der Waals surface area (Å²) in [6.07, 6.45) is -4.39. The summed E-state index contributed by atoms with van der Waals surface area (Å²) in [5, 5.41) is 4.92. The zero-order valence-corrected chi connectivity index (χ0v) is 14.7. The van der Waals surface area contributed by atoms with Gasteiger partial charge in [-0.2, -0.15) is 18.3 Å². The van der Waals surface area contributed by atoms with Gasteiger partial charge < -0.3 is 4.74 Å². The van der Waals surface area contributed by atoms with Crippen LogP contribution in [-0.4, -0.2) is 22.6 Å². The first-order valence-electron chi connectivity index (χ1n) is 7.93. The number of halogens is 4. The maximum atomic E-state index is 12.2. The molecule has 0 radical (unpaired) electrons. The first-order chi connectivity index (χ1) is 12.8. The monoisotopic (exact) mass is 394 g/mol. The van der Waals surface area contributed by atoms with Gasteiger partial charge in [0.05, 0.1) is 12.2 Å². The second-order valence-corrected chi connectivity index (χ2v) is 6.21. The number of nitrogens with zero attached hydrogens (tertiary/aromatic N) is 2. The highest BCUT2D eigenvalue weighted by Gasteiger charge is 2.28. The van der Waals surface area contributed by atoms with E-state index in [1.807, 2.05) is 0 Å². The third-order valence-corrected chi connectivity index (χ3v) is 3.92. The molecule has 0 N–H and O–H groups in total. The van der Waals surface area contributed by atoms with Crippen molar-refractivity contribution in [2.45, 2.75) is 12.7 Å². The van der Waals surface area contributed by atoms with Crippen LogP contribution in [0.5, 0.6) is 5.75 Å². The molecule has 0 aliphatic heterocycles. The Bertz CT molecular complexity index is 968. The smallest absolute Gasteiger partial charge is 0.422 e. The Morgan fingerprint density at radius 3 is 2.26 bits per heavy atom. The van der Waals surface area contributed by atoms with E-state index in [1.165, 1.54) is 22.9 Å². The maximum Gasteiger partial charge on any atom is 0.422 e. The molecular formula is C19H14ClF3N2O2. The van der Waals surface area contributed by atoms with Gasteiger partial charge in [-0.15, -0.1) is 0 Å². The van der Waals surface area contributed by atoms with Gasteiger partial charge in [-0.3, -0.25) is 4.79 Å². The molecule has 1 heterocycles. The van der Waals surface area contributed by atoms with E-state index in [4.69, 9.17) is 11.6 Å².